The van der Waals surface area contributed by atoms with E-state index in [0.717, 1.165) is 17.8 Å². The number of nitrogens with zero attached hydrogens (tertiary/aromatic N) is 2. The van der Waals surface area contributed by atoms with E-state index in [-0.39, 0.29) is 11.7 Å². The molecule has 0 aliphatic carbocycles. The number of anilines is 3. The van der Waals surface area contributed by atoms with E-state index < -0.39 is 0 Å². The molecule has 0 aliphatic rings. The highest BCUT2D eigenvalue weighted by Crippen LogP contribution is 2.28. The zero-order valence-electron chi connectivity index (χ0n) is 16.5. The van der Waals surface area contributed by atoms with Crippen LogP contribution < -0.4 is 10.6 Å². The quantitative estimate of drug-likeness (QED) is 0.392. The molecule has 0 saturated carbocycles. The van der Waals surface area contributed by atoms with Crippen LogP contribution in [0.3, 0.4) is 0 Å². The molecule has 2 aromatic heterocycles. The molecule has 0 unspecified atom stereocenters. The lowest BCUT2D eigenvalue weighted by molar-refractivity contribution is -0.116. The third-order valence-electron chi connectivity index (χ3n) is 4.66. The zero-order valence-corrected chi connectivity index (χ0v) is 16.5. The molecular formula is C23H21N5O2. The fraction of sp³-hybridized carbons (Fsp3) is 0.130. The number of ketones is 1. The van der Waals surface area contributed by atoms with Crippen LogP contribution in [0.25, 0.3) is 11.0 Å². The first-order valence-corrected chi connectivity index (χ1v) is 9.74. The number of hydrogen-bond donors (Lipinski definition) is 3. The molecule has 7 heteroatoms. The summed E-state index contributed by atoms with van der Waals surface area (Å²) in [6, 6.07) is 16.4. The molecule has 30 heavy (non-hydrogen) atoms. The van der Waals surface area contributed by atoms with Crippen molar-refractivity contribution in [2.24, 2.45) is 0 Å². The molecule has 4 rings (SSSR count). The van der Waals surface area contributed by atoms with Crippen molar-refractivity contribution in [1.29, 1.82) is 0 Å². The van der Waals surface area contributed by atoms with Crippen molar-refractivity contribution in [2.45, 2.75) is 19.8 Å². The van der Waals surface area contributed by atoms with Crippen LogP contribution in [0.5, 0.6) is 0 Å². The Balaban J connectivity index is 1.61. The van der Waals surface area contributed by atoms with Crippen molar-refractivity contribution in [3.8, 4) is 0 Å². The van der Waals surface area contributed by atoms with E-state index in [2.05, 4.69) is 25.6 Å². The molecule has 0 bridgehead atoms. The predicted octanol–water partition coefficient (Wildman–Crippen LogP) is 4.67. The van der Waals surface area contributed by atoms with Gasteiger partial charge < -0.3 is 15.6 Å². The number of carbonyl (C=O) groups excluding carboxylic acids is 2. The molecule has 0 saturated heterocycles. The smallest absolute Gasteiger partial charge is 0.224 e. The highest BCUT2D eigenvalue weighted by Gasteiger charge is 2.18. The average molecular weight is 399 g/mol. The zero-order chi connectivity index (χ0) is 20.9. The number of carbonyl (C=O) groups is 2. The van der Waals surface area contributed by atoms with Crippen LogP contribution in [0, 0.1) is 0 Å². The second kappa shape index (κ2) is 8.57. The lowest BCUT2D eigenvalue weighted by Gasteiger charge is -2.09. The maximum Gasteiger partial charge on any atom is 0.224 e. The van der Waals surface area contributed by atoms with Gasteiger partial charge in [-0.05, 0) is 30.7 Å². The average Bonchev–Trinajstić information content (AvgIpc) is 3.21. The minimum Gasteiger partial charge on any atom is -0.345 e. The lowest BCUT2D eigenvalue weighted by atomic mass is 10.0. The Morgan fingerprint density at radius 3 is 2.43 bits per heavy atom. The topological polar surface area (TPSA) is 99.8 Å². The van der Waals surface area contributed by atoms with Crippen molar-refractivity contribution in [3.63, 3.8) is 0 Å². The lowest BCUT2D eigenvalue weighted by Crippen LogP contribution is -2.10. The Hall–Kier alpha value is -4.00. The van der Waals surface area contributed by atoms with Gasteiger partial charge in [-0.3, -0.25) is 9.59 Å². The molecule has 0 radical (unpaired) electrons. The van der Waals surface area contributed by atoms with Gasteiger partial charge in [-0.25, -0.2) is 9.97 Å². The number of fused-ring (bicyclic) bond motifs is 1. The van der Waals surface area contributed by atoms with Gasteiger partial charge in [0.15, 0.2) is 5.78 Å². The van der Waals surface area contributed by atoms with Gasteiger partial charge in [0.05, 0.1) is 10.9 Å². The summed E-state index contributed by atoms with van der Waals surface area (Å²) in [5.74, 6) is 0.420. The number of benzene rings is 2. The third kappa shape index (κ3) is 4.05. The summed E-state index contributed by atoms with van der Waals surface area (Å²) in [7, 11) is 0. The molecule has 150 valence electrons. The van der Waals surface area contributed by atoms with E-state index in [9.17, 15) is 9.59 Å². The summed E-state index contributed by atoms with van der Waals surface area (Å²) in [4.78, 5) is 36.4. The van der Waals surface area contributed by atoms with Crippen LogP contribution in [0.15, 0.2) is 67.1 Å². The maximum atomic E-state index is 13.0. The van der Waals surface area contributed by atoms with Gasteiger partial charge >= 0.3 is 0 Å². The molecular weight excluding hydrogens is 378 g/mol. The standard InChI is InChI=1S/C23H21N5O2/c1-2-6-19(29)27-16-9-11-17(12-10-16)28-23-20-18(13-24-22(20)25-14-26-23)21(30)15-7-4-3-5-8-15/h3-5,7-14H,2,6H2,1H3,(H,27,29)(H2,24,25,26,28). The van der Waals surface area contributed by atoms with Crippen molar-refractivity contribution in [1.82, 2.24) is 15.0 Å². The molecule has 7 nitrogen and oxygen atoms in total. The van der Waals surface area contributed by atoms with E-state index >= 15 is 0 Å². The molecule has 3 N–H and O–H groups in total. The third-order valence-corrected chi connectivity index (χ3v) is 4.66. The first-order chi connectivity index (χ1) is 14.7. The summed E-state index contributed by atoms with van der Waals surface area (Å²) in [5, 5.41) is 6.74. The van der Waals surface area contributed by atoms with Gasteiger partial charge in [-0.15, -0.1) is 0 Å². The van der Waals surface area contributed by atoms with Gasteiger partial charge in [0.25, 0.3) is 0 Å². The van der Waals surface area contributed by atoms with Crippen LogP contribution in [-0.2, 0) is 4.79 Å². The van der Waals surface area contributed by atoms with Crippen LogP contribution >= 0.6 is 0 Å². The molecule has 2 aromatic carbocycles. The Kier molecular flexibility index (Phi) is 5.52. The van der Waals surface area contributed by atoms with E-state index in [0.29, 0.717) is 34.4 Å². The Labute approximate surface area is 173 Å². The van der Waals surface area contributed by atoms with Crippen molar-refractivity contribution in [2.75, 3.05) is 10.6 Å². The number of aromatic nitrogens is 3. The van der Waals surface area contributed by atoms with Crippen molar-refractivity contribution >= 4 is 39.9 Å². The van der Waals surface area contributed by atoms with E-state index in [1.807, 2.05) is 49.4 Å². The summed E-state index contributed by atoms with van der Waals surface area (Å²) < 4.78 is 0. The first-order valence-electron chi connectivity index (χ1n) is 9.74. The van der Waals surface area contributed by atoms with Crippen molar-refractivity contribution < 1.29 is 9.59 Å². The van der Waals surface area contributed by atoms with E-state index in [4.69, 9.17) is 0 Å². The van der Waals surface area contributed by atoms with Gasteiger partial charge in [-0.2, -0.15) is 0 Å². The fourth-order valence-corrected chi connectivity index (χ4v) is 3.21. The molecule has 2 heterocycles. The highest BCUT2D eigenvalue weighted by molar-refractivity contribution is 6.18. The Morgan fingerprint density at radius 2 is 1.70 bits per heavy atom. The minimum atomic E-state index is -0.103. The minimum absolute atomic E-state index is 0.00731. The second-order valence-electron chi connectivity index (χ2n) is 6.84. The molecule has 4 aromatic rings. The maximum absolute atomic E-state index is 13.0. The van der Waals surface area contributed by atoms with Crippen molar-refractivity contribution in [3.05, 3.63) is 78.2 Å². The van der Waals surface area contributed by atoms with Gasteiger partial charge in [0.2, 0.25) is 5.91 Å². The number of aromatic amines is 1. The summed E-state index contributed by atoms with van der Waals surface area (Å²) in [6.45, 7) is 1.97. The SMILES string of the molecule is CCCC(=O)Nc1ccc(Nc2ncnc3[nH]cc(C(=O)c4ccccc4)c23)cc1. The van der Waals surface area contributed by atoms with Crippen LogP contribution in [0.2, 0.25) is 0 Å². The number of H-pyrrole nitrogens is 1. The monoisotopic (exact) mass is 399 g/mol. The normalized spacial score (nSPS) is 10.7. The van der Waals surface area contributed by atoms with Crippen LogP contribution in [0.4, 0.5) is 17.2 Å². The summed E-state index contributed by atoms with van der Waals surface area (Å²) >= 11 is 0. The number of nitrogens with one attached hydrogen (secondary N) is 3. The molecule has 0 fully saturated rings. The number of amides is 1. The molecule has 0 atom stereocenters. The summed E-state index contributed by atoms with van der Waals surface area (Å²) in [5.41, 5.74) is 3.19. The van der Waals surface area contributed by atoms with Crippen LogP contribution in [0.1, 0.15) is 35.7 Å². The fourth-order valence-electron chi connectivity index (χ4n) is 3.21. The van der Waals surface area contributed by atoms with Gasteiger partial charge in [-0.1, -0.05) is 37.3 Å². The Morgan fingerprint density at radius 1 is 0.967 bits per heavy atom. The van der Waals surface area contributed by atoms with Crippen LogP contribution in [-0.4, -0.2) is 26.6 Å². The molecule has 0 spiro atoms. The van der Waals surface area contributed by atoms with E-state index in [1.165, 1.54) is 6.33 Å². The Bertz CT molecular complexity index is 1180. The second-order valence-corrected chi connectivity index (χ2v) is 6.84. The highest BCUT2D eigenvalue weighted by atomic mass is 16.1. The largest absolute Gasteiger partial charge is 0.345 e. The predicted molar refractivity (Wildman–Crippen MR) is 117 cm³/mol. The molecule has 0 aliphatic heterocycles. The van der Waals surface area contributed by atoms with E-state index in [1.54, 1.807) is 18.3 Å². The van der Waals surface area contributed by atoms with Gasteiger partial charge in [0.1, 0.15) is 17.8 Å². The number of rotatable bonds is 7. The summed E-state index contributed by atoms with van der Waals surface area (Å²) in [6.07, 6.45) is 4.39. The number of hydrogen-bond acceptors (Lipinski definition) is 5. The van der Waals surface area contributed by atoms with Gasteiger partial charge in [0, 0.05) is 29.6 Å². The molecule has 1 amide bonds. The first kappa shape index (κ1) is 19.3.